The molecular formula is C21H26N2S. The van der Waals surface area contributed by atoms with Gasteiger partial charge in [-0.3, -0.25) is 0 Å². The van der Waals surface area contributed by atoms with Crippen LogP contribution in [0.1, 0.15) is 42.6 Å². The zero-order valence-corrected chi connectivity index (χ0v) is 16.0. The fraction of sp³-hybridized carbons (Fsp3) is 0.381. The number of benzene rings is 1. The molecule has 0 fully saturated rings. The van der Waals surface area contributed by atoms with Gasteiger partial charge in [-0.15, -0.1) is 11.3 Å². The van der Waals surface area contributed by atoms with Gasteiger partial charge in [0.2, 0.25) is 0 Å². The lowest BCUT2D eigenvalue weighted by Crippen LogP contribution is -2.01. The first-order valence-corrected chi connectivity index (χ1v) is 9.35. The van der Waals surface area contributed by atoms with Crippen LogP contribution in [0.2, 0.25) is 0 Å². The molecular weight excluding hydrogens is 312 g/mol. The van der Waals surface area contributed by atoms with Crippen molar-refractivity contribution in [3.63, 3.8) is 0 Å². The molecule has 0 aliphatic heterocycles. The van der Waals surface area contributed by atoms with Crippen LogP contribution in [0.4, 0.5) is 0 Å². The van der Waals surface area contributed by atoms with E-state index in [1.165, 1.54) is 27.1 Å². The summed E-state index contributed by atoms with van der Waals surface area (Å²) in [5, 5.41) is 0.689. The Bertz CT molecular complexity index is 889. The Labute approximate surface area is 150 Å². The van der Waals surface area contributed by atoms with E-state index in [9.17, 15) is 0 Å². The minimum Gasteiger partial charge on any atom is -0.331 e. The predicted molar refractivity (Wildman–Crippen MR) is 104 cm³/mol. The molecule has 2 nitrogen and oxygen atoms in total. The molecule has 0 aliphatic rings. The summed E-state index contributed by atoms with van der Waals surface area (Å²) in [6.07, 6.45) is 4.91. The molecule has 0 aliphatic carbocycles. The fourth-order valence-corrected chi connectivity index (χ4v) is 4.26. The molecule has 0 radical (unpaired) electrons. The minimum absolute atomic E-state index is 0.617. The number of aryl methyl sites for hydroxylation is 2. The van der Waals surface area contributed by atoms with Crippen LogP contribution < -0.4 is 0 Å². The summed E-state index contributed by atoms with van der Waals surface area (Å²) in [6.45, 7) is 11.7. The number of aromatic nitrogens is 2. The summed E-state index contributed by atoms with van der Waals surface area (Å²) in [7, 11) is 0. The third-order valence-corrected chi connectivity index (χ3v) is 5.53. The topological polar surface area (TPSA) is 17.8 Å². The number of imidazole rings is 1. The Kier molecular flexibility index (Phi) is 4.52. The summed E-state index contributed by atoms with van der Waals surface area (Å²) >= 11 is 1.64. The third-order valence-electron chi connectivity index (χ3n) is 4.50. The molecule has 0 saturated heterocycles. The van der Waals surface area contributed by atoms with Crippen LogP contribution in [0, 0.1) is 26.7 Å². The number of thiophene rings is 1. The molecule has 0 spiro atoms. The number of nitrogens with zero attached hydrogens (tertiary/aromatic N) is 2. The lowest BCUT2D eigenvalue weighted by Gasteiger charge is -2.11. The van der Waals surface area contributed by atoms with Crippen LogP contribution >= 0.6 is 11.3 Å². The molecule has 2 aromatic heterocycles. The molecule has 126 valence electrons. The predicted octanol–water partition coefficient (Wildman–Crippen LogP) is 5.78. The van der Waals surface area contributed by atoms with Crippen molar-refractivity contribution in [2.75, 3.05) is 0 Å². The molecule has 3 rings (SSSR count). The molecule has 0 N–H and O–H groups in total. The van der Waals surface area contributed by atoms with Crippen LogP contribution in [0.25, 0.3) is 11.1 Å². The van der Waals surface area contributed by atoms with Gasteiger partial charge in [-0.1, -0.05) is 32.0 Å². The maximum atomic E-state index is 8.46. The van der Waals surface area contributed by atoms with Gasteiger partial charge in [0.15, 0.2) is 0 Å². The second-order valence-corrected chi connectivity index (χ2v) is 7.88. The Morgan fingerprint density at radius 1 is 1.21 bits per heavy atom. The van der Waals surface area contributed by atoms with Crippen LogP contribution in [-0.2, 0) is 13.0 Å². The second kappa shape index (κ2) is 6.94. The van der Waals surface area contributed by atoms with E-state index < -0.39 is 0 Å². The van der Waals surface area contributed by atoms with Crippen molar-refractivity contribution in [1.82, 2.24) is 9.55 Å². The van der Waals surface area contributed by atoms with Crippen molar-refractivity contribution in [2.45, 2.75) is 47.6 Å². The maximum absolute atomic E-state index is 8.46. The Morgan fingerprint density at radius 3 is 2.62 bits per heavy atom. The zero-order chi connectivity index (χ0) is 18.1. The van der Waals surface area contributed by atoms with Crippen LogP contribution in [0.5, 0.6) is 0 Å². The quantitative estimate of drug-likeness (QED) is 0.576. The Balaban J connectivity index is 1.94. The first kappa shape index (κ1) is 15.6. The van der Waals surface area contributed by atoms with E-state index in [0.717, 1.165) is 24.4 Å². The molecule has 24 heavy (non-hydrogen) atoms. The molecule has 3 heteroatoms. The molecule has 1 aromatic carbocycles. The molecule has 0 bridgehead atoms. The van der Waals surface area contributed by atoms with Crippen molar-refractivity contribution in [1.29, 1.82) is 0 Å². The van der Waals surface area contributed by atoms with Gasteiger partial charge in [0.1, 0.15) is 5.82 Å². The molecule has 3 aromatic rings. The summed E-state index contributed by atoms with van der Waals surface area (Å²) in [4.78, 5) is 5.64. The molecule has 0 unspecified atom stereocenters. The van der Waals surface area contributed by atoms with Gasteiger partial charge in [-0.05, 0) is 66.3 Å². The van der Waals surface area contributed by atoms with Crippen molar-refractivity contribution in [3.8, 4) is 11.1 Å². The van der Waals surface area contributed by atoms with E-state index in [1.807, 2.05) is 19.3 Å². The van der Waals surface area contributed by atoms with Crippen molar-refractivity contribution >= 4 is 11.3 Å². The second-order valence-electron chi connectivity index (χ2n) is 6.98. The lowest BCUT2D eigenvalue weighted by molar-refractivity contribution is 0.652. The van der Waals surface area contributed by atoms with Crippen LogP contribution in [0.3, 0.4) is 0 Å². The summed E-state index contributed by atoms with van der Waals surface area (Å²) in [5.41, 5.74) is 6.10. The van der Waals surface area contributed by atoms with Gasteiger partial charge in [-0.2, -0.15) is 0 Å². The van der Waals surface area contributed by atoms with Gasteiger partial charge in [0.25, 0.3) is 0 Å². The van der Waals surface area contributed by atoms with Crippen LogP contribution in [-0.4, -0.2) is 9.55 Å². The van der Waals surface area contributed by atoms with E-state index in [0.29, 0.717) is 11.3 Å². The summed E-state index contributed by atoms with van der Waals surface area (Å²) in [5.74, 6) is 1.65. The number of hydrogen-bond acceptors (Lipinski definition) is 2. The number of rotatable bonds is 5. The van der Waals surface area contributed by atoms with E-state index in [1.54, 1.807) is 11.3 Å². The van der Waals surface area contributed by atoms with Gasteiger partial charge in [-0.25, -0.2) is 4.98 Å². The molecule has 0 saturated carbocycles. The standard InChI is InChI=1S/C21H26N2S/c1-14(2)10-21-16(4)20(13-24-21)19-7-6-18(11-15(19)3)12-23-9-8-22-17(23)5/h6-9,11,13-14H,10,12H2,1-5H3/i13D. The highest BCUT2D eigenvalue weighted by atomic mass is 32.1. The van der Waals surface area contributed by atoms with Crippen molar-refractivity contribution < 1.29 is 1.37 Å². The van der Waals surface area contributed by atoms with Crippen molar-refractivity contribution in [3.05, 3.63) is 63.3 Å². The SMILES string of the molecule is [2H]c1sc(CC(C)C)c(C)c1-c1ccc(Cn2ccnc2C)cc1C. The highest BCUT2D eigenvalue weighted by molar-refractivity contribution is 7.10. The van der Waals surface area contributed by atoms with E-state index in [-0.39, 0.29) is 0 Å². The van der Waals surface area contributed by atoms with Gasteiger partial charge in [0.05, 0.1) is 1.37 Å². The average Bonchev–Trinajstić information content (AvgIpc) is 3.04. The largest absolute Gasteiger partial charge is 0.331 e. The summed E-state index contributed by atoms with van der Waals surface area (Å²) in [6, 6.07) is 6.61. The third kappa shape index (κ3) is 3.46. The van der Waals surface area contributed by atoms with E-state index in [4.69, 9.17) is 1.37 Å². The maximum Gasteiger partial charge on any atom is 0.105 e. The highest BCUT2D eigenvalue weighted by Crippen LogP contribution is 2.34. The van der Waals surface area contributed by atoms with Crippen molar-refractivity contribution in [2.24, 2.45) is 5.92 Å². The van der Waals surface area contributed by atoms with E-state index in [2.05, 4.69) is 55.4 Å². The first-order chi connectivity index (χ1) is 11.9. The van der Waals surface area contributed by atoms with E-state index >= 15 is 0 Å². The lowest BCUT2D eigenvalue weighted by atomic mass is 9.96. The monoisotopic (exact) mass is 339 g/mol. The minimum atomic E-state index is 0.617. The zero-order valence-electron chi connectivity index (χ0n) is 16.2. The molecule has 0 amide bonds. The Hall–Kier alpha value is -1.87. The normalized spacial score (nSPS) is 12.0. The van der Waals surface area contributed by atoms with Gasteiger partial charge >= 0.3 is 0 Å². The molecule has 0 atom stereocenters. The Morgan fingerprint density at radius 2 is 2.00 bits per heavy atom. The summed E-state index contributed by atoms with van der Waals surface area (Å²) < 4.78 is 10.6. The fourth-order valence-electron chi connectivity index (χ4n) is 3.10. The first-order valence-electron chi connectivity index (χ1n) is 9.03. The highest BCUT2D eigenvalue weighted by Gasteiger charge is 2.13. The number of hydrogen-bond donors (Lipinski definition) is 0. The average molecular weight is 340 g/mol. The molecule has 2 heterocycles. The van der Waals surface area contributed by atoms with Gasteiger partial charge in [0, 0.05) is 23.8 Å². The van der Waals surface area contributed by atoms with Gasteiger partial charge < -0.3 is 4.57 Å². The smallest absolute Gasteiger partial charge is 0.105 e. The van der Waals surface area contributed by atoms with Crippen LogP contribution in [0.15, 0.2) is 35.9 Å².